The molecule has 0 saturated heterocycles. The van der Waals surface area contributed by atoms with Crippen LogP contribution < -0.4 is 9.47 Å². The summed E-state index contributed by atoms with van der Waals surface area (Å²) >= 11 is 5.83. The summed E-state index contributed by atoms with van der Waals surface area (Å²) in [4.78, 5) is 11.2. The summed E-state index contributed by atoms with van der Waals surface area (Å²) < 4.78 is 15.8. The van der Waals surface area contributed by atoms with Crippen LogP contribution in [-0.4, -0.2) is 19.2 Å². The molecule has 0 spiro atoms. The molecule has 0 aliphatic carbocycles. The lowest BCUT2D eigenvalue weighted by molar-refractivity contribution is -0.145. The van der Waals surface area contributed by atoms with Gasteiger partial charge in [-0.1, -0.05) is 23.7 Å². The van der Waals surface area contributed by atoms with Gasteiger partial charge in [0.25, 0.3) is 0 Å². The zero-order chi connectivity index (χ0) is 15.8. The summed E-state index contributed by atoms with van der Waals surface area (Å²) in [6.07, 6.45) is 0. The van der Waals surface area contributed by atoms with Crippen LogP contribution in [0.25, 0.3) is 0 Å². The van der Waals surface area contributed by atoms with Gasteiger partial charge in [0.15, 0.2) is 6.61 Å². The van der Waals surface area contributed by atoms with E-state index in [1.165, 1.54) is 0 Å². The number of carbonyl (C=O) groups excluding carboxylic acids is 1. The highest BCUT2D eigenvalue weighted by atomic mass is 35.5. The third kappa shape index (κ3) is 5.30. The van der Waals surface area contributed by atoms with E-state index >= 15 is 0 Å². The SMILES string of the molecule is CCOC(=O)COc1ccc(OCc2ccc(Cl)cc2)cc1. The van der Waals surface area contributed by atoms with Crippen LogP contribution in [0.4, 0.5) is 0 Å². The molecule has 22 heavy (non-hydrogen) atoms. The zero-order valence-electron chi connectivity index (χ0n) is 12.3. The minimum Gasteiger partial charge on any atom is -0.489 e. The van der Waals surface area contributed by atoms with Crippen LogP contribution in [0.2, 0.25) is 5.02 Å². The van der Waals surface area contributed by atoms with Crippen molar-refractivity contribution in [2.75, 3.05) is 13.2 Å². The minimum absolute atomic E-state index is 0.0984. The number of benzene rings is 2. The molecule has 0 atom stereocenters. The molecular formula is C17H17ClO4. The van der Waals surface area contributed by atoms with E-state index in [0.29, 0.717) is 24.0 Å². The van der Waals surface area contributed by atoms with Crippen LogP contribution in [-0.2, 0) is 16.1 Å². The summed E-state index contributed by atoms with van der Waals surface area (Å²) in [7, 11) is 0. The van der Waals surface area contributed by atoms with E-state index < -0.39 is 0 Å². The average molecular weight is 321 g/mol. The Labute approximate surface area is 134 Å². The second-order valence-corrected chi connectivity index (χ2v) is 4.92. The normalized spacial score (nSPS) is 10.1. The van der Waals surface area contributed by atoms with Crippen molar-refractivity contribution in [1.82, 2.24) is 0 Å². The van der Waals surface area contributed by atoms with Crippen molar-refractivity contribution in [3.05, 3.63) is 59.1 Å². The molecular weight excluding hydrogens is 304 g/mol. The summed E-state index contributed by atoms with van der Waals surface area (Å²) in [6.45, 7) is 2.46. The zero-order valence-corrected chi connectivity index (χ0v) is 13.0. The molecule has 2 aromatic rings. The van der Waals surface area contributed by atoms with Crippen molar-refractivity contribution in [2.24, 2.45) is 0 Å². The monoisotopic (exact) mass is 320 g/mol. The van der Waals surface area contributed by atoms with Crippen molar-refractivity contribution in [2.45, 2.75) is 13.5 Å². The lowest BCUT2D eigenvalue weighted by atomic mass is 10.2. The van der Waals surface area contributed by atoms with E-state index in [1.807, 2.05) is 24.3 Å². The molecule has 0 bridgehead atoms. The van der Waals surface area contributed by atoms with E-state index in [2.05, 4.69) is 0 Å². The topological polar surface area (TPSA) is 44.8 Å². The molecule has 2 aromatic carbocycles. The van der Waals surface area contributed by atoms with Crippen LogP contribution in [0.15, 0.2) is 48.5 Å². The van der Waals surface area contributed by atoms with Crippen LogP contribution in [0.5, 0.6) is 11.5 Å². The first-order valence-corrected chi connectivity index (χ1v) is 7.31. The van der Waals surface area contributed by atoms with Crippen molar-refractivity contribution in [3.8, 4) is 11.5 Å². The number of hydrogen-bond donors (Lipinski definition) is 0. The number of halogens is 1. The molecule has 0 fully saturated rings. The summed E-state index contributed by atoms with van der Waals surface area (Å²) in [5.41, 5.74) is 1.03. The predicted molar refractivity (Wildman–Crippen MR) is 84.4 cm³/mol. The highest BCUT2D eigenvalue weighted by Gasteiger charge is 2.03. The third-order valence-corrected chi connectivity index (χ3v) is 3.06. The molecule has 5 heteroatoms. The standard InChI is InChI=1S/C17H17ClO4/c1-2-20-17(19)12-22-16-9-7-15(8-10-16)21-11-13-3-5-14(18)6-4-13/h3-10H,2,11-12H2,1H3. The van der Waals surface area contributed by atoms with E-state index in [9.17, 15) is 4.79 Å². The first-order chi connectivity index (χ1) is 10.7. The van der Waals surface area contributed by atoms with Gasteiger partial charge >= 0.3 is 5.97 Å². The summed E-state index contributed by atoms with van der Waals surface area (Å²) in [5, 5.41) is 0.701. The lowest BCUT2D eigenvalue weighted by Gasteiger charge is -2.08. The molecule has 0 N–H and O–H groups in total. The molecule has 0 aliphatic rings. The highest BCUT2D eigenvalue weighted by molar-refractivity contribution is 6.30. The molecule has 0 amide bonds. The number of rotatable bonds is 7. The van der Waals surface area contributed by atoms with Crippen LogP contribution >= 0.6 is 11.6 Å². The van der Waals surface area contributed by atoms with Crippen molar-refractivity contribution in [1.29, 1.82) is 0 Å². The molecule has 0 aliphatic heterocycles. The van der Waals surface area contributed by atoms with Gasteiger partial charge in [-0.3, -0.25) is 0 Å². The van der Waals surface area contributed by atoms with Gasteiger partial charge in [0, 0.05) is 5.02 Å². The van der Waals surface area contributed by atoms with Gasteiger partial charge in [0.05, 0.1) is 6.61 Å². The largest absolute Gasteiger partial charge is 0.489 e. The minimum atomic E-state index is -0.384. The quantitative estimate of drug-likeness (QED) is 0.727. The van der Waals surface area contributed by atoms with E-state index in [1.54, 1.807) is 31.2 Å². The Morgan fingerprint density at radius 3 is 2.14 bits per heavy atom. The van der Waals surface area contributed by atoms with Gasteiger partial charge in [0.2, 0.25) is 0 Å². The van der Waals surface area contributed by atoms with Gasteiger partial charge in [-0.25, -0.2) is 4.79 Å². The van der Waals surface area contributed by atoms with Gasteiger partial charge < -0.3 is 14.2 Å². The van der Waals surface area contributed by atoms with Crippen LogP contribution in [0.3, 0.4) is 0 Å². The maximum absolute atomic E-state index is 11.2. The van der Waals surface area contributed by atoms with Gasteiger partial charge in [-0.05, 0) is 48.9 Å². The Balaban J connectivity index is 1.81. The van der Waals surface area contributed by atoms with Crippen LogP contribution in [0.1, 0.15) is 12.5 Å². The average Bonchev–Trinajstić information content (AvgIpc) is 2.54. The highest BCUT2D eigenvalue weighted by Crippen LogP contribution is 2.19. The second-order valence-electron chi connectivity index (χ2n) is 4.48. The van der Waals surface area contributed by atoms with Gasteiger partial charge in [0.1, 0.15) is 18.1 Å². The number of carbonyl (C=O) groups is 1. The number of ether oxygens (including phenoxy) is 3. The van der Waals surface area contributed by atoms with E-state index in [4.69, 9.17) is 25.8 Å². The fourth-order valence-corrected chi connectivity index (χ4v) is 1.85. The fraction of sp³-hybridized carbons (Fsp3) is 0.235. The second kappa shape index (κ2) is 8.29. The first kappa shape index (κ1) is 16.2. The first-order valence-electron chi connectivity index (χ1n) is 6.93. The molecule has 4 nitrogen and oxygen atoms in total. The Hall–Kier alpha value is -2.20. The number of hydrogen-bond acceptors (Lipinski definition) is 4. The Kier molecular flexibility index (Phi) is 6.10. The molecule has 0 radical (unpaired) electrons. The van der Waals surface area contributed by atoms with Gasteiger partial charge in [-0.15, -0.1) is 0 Å². The Morgan fingerprint density at radius 1 is 0.955 bits per heavy atom. The summed E-state index contributed by atoms with van der Waals surface area (Å²) in [5.74, 6) is 0.927. The molecule has 0 unspecified atom stereocenters. The summed E-state index contributed by atoms with van der Waals surface area (Å²) in [6, 6.07) is 14.6. The number of esters is 1. The molecule has 0 saturated carbocycles. The van der Waals surface area contributed by atoms with Crippen LogP contribution in [0, 0.1) is 0 Å². The van der Waals surface area contributed by atoms with E-state index in [-0.39, 0.29) is 12.6 Å². The maximum atomic E-state index is 11.2. The van der Waals surface area contributed by atoms with Crippen molar-refractivity contribution < 1.29 is 19.0 Å². The third-order valence-electron chi connectivity index (χ3n) is 2.80. The lowest BCUT2D eigenvalue weighted by Crippen LogP contribution is -2.14. The fourth-order valence-electron chi connectivity index (χ4n) is 1.72. The molecule has 116 valence electrons. The maximum Gasteiger partial charge on any atom is 0.344 e. The molecule has 0 heterocycles. The smallest absolute Gasteiger partial charge is 0.344 e. The Morgan fingerprint density at radius 2 is 1.55 bits per heavy atom. The molecule has 2 rings (SSSR count). The van der Waals surface area contributed by atoms with Gasteiger partial charge in [-0.2, -0.15) is 0 Å². The van der Waals surface area contributed by atoms with Crippen molar-refractivity contribution in [3.63, 3.8) is 0 Å². The predicted octanol–water partition coefficient (Wildman–Crippen LogP) is 3.86. The molecule has 0 aromatic heterocycles. The van der Waals surface area contributed by atoms with E-state index in [0.717, 1.165) is 11.3 Å². The Bertz CT molecular complexity index is 593. The van der Waals surface area contributed by atoms with Crippen molar-refractivity contribution >= 4 is 17.6 Å².